The molecule has 2 amide bonds. The van der Waals surface area contributed by atoms with Crippen LogP contribution in [0.15, 0.2) is 18.2 Å². The van der Waals surface area contributed by atoms with Crippen LogP contribution in [0.5, 0.6) is 5.75 Å². The van der Waals surface area contributed by atoms with E-state index in [1.54, 1.807) is 6.07 Å². The van der Waals surface area contributed by atoms with Crippen molar-refractivity contribution in [1.29, 1.82) is 0 Å². The summed E-state index contributed by atoms with van der Waals surface area (Å²) in [5, 5.41) is 18.6. The molecular weight excluding hydrogens is 404 g/mol. The number of fused-ring (bicyclic) bond motifs is 1. The summed E-state index contributed by atoms with van der Waals surface area (Å²) in [6.07, 6.45) is 0.821. The first-order valence-corrected chi connectivity index (χ1v) is 9.29. The highest BCUT2D eigenvalue weighted by Gasteiger charge is 2.38. The van der Waals surface area contributed by atoms with Gasteiger partial charge >= 0.3 is 0 Å². The Kier molecular flexibility index (Phi) is 6.61. The molecule has 0 bridgehead atoms. The van der Waals surface area contributed by atoms with E-state index in [0.717, 1.165) is 24.5 Å². The molecule has 3 rings (SSSR count). The minimum absolute atomic E-state index is 0.0914. The number of ether oxygens (including phenoxy) is 1. The Bertz CT molecular complexity index is 841. The van der Waals surface area contributed by atoms with Gasteiger partial charge in [-0.05, 0) is 44.1 Å². The average molecular weight is 424 g/mol. The lowest BCUT2D eigenvalue weighted by Gasteiger charge is -2.20. The van der Waals surface area contributed by atoms with E-state index in [4.69, 9.17) is 4.74 Å². The fraction of sp³-hybridized carbons (Fsp3) is 0.529. The highest BCUT2D eigenvalue weighted by atomic mass is 17.0. The van der Waals surface area contributed by atoms with Crippen molar-refractivity contribution in [2.24, 2.45) is 0 Å². The van der Waals surface area contributed by atoms with Crippen LogP contribution in [0.2, 0.25) is 0 Å². The van der Waals surface area contributed by atoms with Crippen LogP contribution in [0, 0.1) is 20.2 Å². The molecule has 1 aromatic rings. The summed E-state index contributed by atoms with van der Waals surface area (Å²) >= 11 is 0. The molecule has 0 saturated carbocycles. The number of amides is 2. The second kappa shape index (κ2) is 9.35. The van der Waals surface area contributed by atoms with E-state index in [1.807, 2.05) is 0 Å². The number of hydrogen-bond acceptors (Lipinski definition) is 10. The zero-order valence-electron chi connectivity index (χ0n) is 15.9. The number of carbonyl (C=O) groups excluding carboxylic acids is 2. The first-order chi connectivity index (χ1) is 14.3. The van der Waals surface area contributed by atoms with Gasteiger partial charge in [0.15, 0.2) is 0 Å². The summed E-state index contributed by atoms with van der Waals surface area (Å²) in [6, 6.07) is 4.45. The molecule has 1 fully saturated rings. The second-order valence-corrected chi connectivity index (χ2v) is 6.80. The van der Waals surface area contributed by atoms with Crippen molar-refractivity contribution >= 4 is 11.8 Å². The van der Waals surface area contributed by atoms with E-state index in [-0.39, 0.29) is 11.1 Å². The van der Waals surface area contributed by atoms with Crippen LogP contribution in [0.3, 0.4) is 0 Å². The molecule has 30 heavy (non-hydrogen) atoms. The molecule has 2 heterocycles. The van der Waals surface area contributed by atoms with Crippen molar-refractivity contribution in [3.05, 3.63) is 49.6 Å². The van der Waals surface area contributed by atoms with E-state index in [1.165, 1.54) is 25.0 Å². The van der Waals surface area contributed by atoms with Gasteiger partial charge in [-0.1, -0.05) is 0 Å². The van der Waals surface area contributed by atoms with Crippen LogP contribution >= 0.6 is 0 Å². The minimum atomic E-state index is -1.51. The number of rotatable bonds is 11. The Labute approximate surface area is 170 Å². The predicted octanol–water partition coefficient (Wildman–Crippen LogP) is 0.542. The maximum absolute atomic E-state index is 12.6. The third-order valence-electron chi connectivity index (χ3n) is 4.80. The first-order valence-electron chi connectivity index (χ1n) is 9.29. The fourth-order valence-corrected chi connectivity index (χ4v) is 3.41. The molecule has 0 aromatic heterocycles. The normalized spacial score (nSPS) is 17.0. The van der Waals surface area contributed by atoms with E-state index in [2.05, 4.69) is 14.6 Å². The Morgan fingerprint density at radius 1 is 1.03 bits per heavy atom. The topological polar surface area (TPSA) is 155 Å². The Hall–Kier alpha value is -3.48. The number of imide groups is 1. The highest BCUT2D eigenvalue weighted by molar-refractivity contribution is 6.21. The molecule has 2 aliphatic heterocycles. The van der Waals surface area contributed by atoms with E-state index >= 15 is 0 Å². The second-order valence-electron chi connectivity index (χ2n) is 6.80. The quantitative estimate of drug-likeness (QED) is 0.279. The summed E-state index contributed by atoms with van der Waals surface area (Å²) in [5.41, 5.74) is 0.204. The van der Waals surface area contributed by atoms with Gasteiger partial charge in [-0.3, -0.25) is 19.4 Å². The van der Waals surface area contributed by atoms with Gasteiger partial charge in [0.05, 0.1) is 17.7 Å². The van der Waals surface area contributed by atoms with Crippen molar-refractivity contribution in [1.82, 2.24) is 9.80 Å². The lowest BCUT2D eigenvalue weighted by Crippen LogP contribution is -2.41. The lowest BCUT2D eigenvalue weighted by molar-refractivity contribution is -0.789. The maximum Gasteiger partial charge on any atom is 0.294 e. The number of benzene rings is 1. The number of likely N-dealkylation sites (tertiary alicyclic amines) is 1. The molecule has 0 aliphatic carbocycles. The van der Waals surface area contributed by atoms with Crippen LogP contribution in [0.4, 0.5) is 0 Å². The minimum Gasteiger partial charge on any atom is -0.492 e. The standard InChI is InChI=1S/C17H20N4O9/c22-16-14-4-3-12(28-8-7-18-5-1-2-6-18)9-15(14)17(23)19(16)10-13(30-21(26)27)11-29-20(24)25/h3-4,9,13H,1-2,5-8,10-11H2. The summed E-state index contributed by atoms with van der Waals surface area (Å²) in [5.74, 6) is -0.958. The maximum atomic E-state index is 12.6. The Morgan fingerprint density at radius 3 is 2.40 bits per heavy atom. The molecule has 1 saturated heterocycles. The monoisotopic (exact) mass is 424 g/mol. The van der Waals surface area contributed by atoms with Crippen LogP contribution in [0.1, 0.15) is 33.6 Å². The fourth-order valence-electron chi connectivity index (χ4n) is 3.41. The van der Waals surface area contributed by atoms with Gasteiger partial charge in [-0.15, -0.1) is 20.2 Å². The lowest BCUT2D eigenvalue weighted by atomic mass is 10.1. The third kappa shape index (κ3) is 5.11. The van der Waals surface area contributed by atoms with Gasteiger partial charge < -0.3 is 14.4 Å². The van der Waals surface area contributed by atoms with Gasteiger partial charge in [0.1, 0.15) is 25.1 Å². The van der Waals surface area contributed by atoms with Gasteiger partial charge in [0.2, 0.25) is 0 Å². The van der Waals surface area contributed by atoms with E-state index < -0.39 is 41.2 Å². The van der Waals surface area contributed by atoms with Crippen molar-refractivity contribution in [3.63, 3.8) is 0 Å². The SMILES string of the molecule is O=C1c2ccc(OCCN3CCCC3)cc2C(=O)N1CC(CO[N+](=O)[O-])O[N+](=O)[O-]. The molecule has 0 radical (unpaired) electrons. The molecule has 13 nitrogen and oxygen atoms in total. The van der Waals surface area contributed by atoms with Crippen molar-refractivity contribution in [2.45, 2.75) is 18.9 Å². The molecule has 13 heteroatoms. The molecule has 1 unspecified atom stereocenters. The van der Waals surface area contributed by atoms with Crippen LogP contribution < -0.4 is 4.74 Å². The zero-order chi connectivity index (χ0) is 21.7. The number of nitrogens with zero attached hydrogens (tertiary/aromatic N) is 4. The molecule has 1 aromatic carbocycles. The van der Waals surface area contributed by atoms with Crippen molar-refractivity contribution < 1.29 is 34.2 Å². The van der Waals surface area contributed by atoms with Gasteiger partial charge in [0.25, 0.3) is 22.0 Å². The third-order valence-corrected chi connectivity index (χ3v) is 4.80. The average Bonchev–Trinajstić information content (AvgIpc) is 3.29. The zero-order valence-corrected chi connectivity index (χ0v) is 15.9. The molecular formula is C17H20N4O9. The van der Waals surface area contributed by atoms with Crippen molar-refractivity contribution in [2.75, 3.05) is 39.4 Å². The van der Waals surface area contributed by atoms with Crippen LogP contribution in [0.25, 0.3) is 0 Å². The first kappa shape index (κ1) is 21.2. The molecule has 2 aliphatic rings. The summed E-state index contributed by atoms with van der Waals surface area (Å²) in [7, 11) is 0. The summed E-state index contributed by atoms with van der Waals surface area (Å²) in [6.45, 7) is 1.86. The van der Waals surface area contributed by atoms with Gasteiger partial charge in [-0.25, -0.2) is 0 Å². The van der Waals surface area contributed by atoms with Crippen LogP contribution in [-0.4, -0.2) is 77.3 Å². The van der Waals surface area contributed by atoms with Gasteiger partial charge in [-0.2, -0.15) is 0 Å². The smallest absolute Gasteiger partial charge is 0.294 e. The van der Waals surface area contributed by atoms with E-state index in [0.29, 0.717) is 12.4 Å². The summed E-state index contributed by atoms with van der Waals surface area (Å²) < 4.78 is 5.68. The number of hydrogen-bond donors (Lipinski definition) is 0. The highest BCUT2D eigenvalue weighted by Crippen LogP contribution is 2.27. The summed E-state index contributed by atoms with van der Waals surface area (Å²) in [4.78, 5) is 57.5. The Balaban J connectivity index is 1.64. The molecule has 1 atom stereocenters. The van der Waals surface area contributed by atoms with Crippen molar-refractivity contribution in [3.8, 4) is 5.75 Å². The molecule has 0 N–H and O–H groups in total. The molecule has 162 valence electrons. The Morgan fingerprint density at radius 2 is 1.73 bits per heavy atom. The molecule has 0 spiro atoms. The van der Waals surface area contributed by atoms with E-state index in [9.17, 15) is 29.8 Å². The van der Waals surface area contributed by atoms with Crippen LogP contribution in [-0.2, 0) is 9.68 Å². The predicted molar refractivity (Wildman–Crippen MR) is 97.8 cm³/mol. The number of carbonyl (C=O) groups is 2. The largest absolute Gasteiger partial charge is 0.492 e. The van der Waals surface area contributed by atoms with Gasteiger partial charge in [0, 0.05) is 6.54 Å².